The van der Waals surface area contributed by atoms with E-state index in [1.54, 1.807) is 26.7 Å². The number of carboxylic acid groups (broad SMARTS) is 1. The van der Waals surface area contributed by atoms with E-state index in [0.717, 1.165) is 4.90 Å². The molecule has 1 aliphatic heterocycles. The average Bonchev–Trinajstić information content (AvgIpc) is 2.25. The minimum absolute atomic E-state index is 0.150. The van der Waals surface area contributed by atoms with Crippen LogP contribution >= 0.6 is 0 Å². The summed E-state index contributed by atoms with van der Waals surface area (Å²) in [6.07, 6.45) is 0.146. The molecule has 0 spiro atoms. The molecule has 1 rings (SSSR count). The van der Waals surface area contributed by atoms with Crippen LogP contribution in [0.4, 0.5) is 4.79 Å². The van der Waals surface area contributed by atoms with Gasteiger partial charge in [-0.1, -0.05) is 0 Å². The number of aliphatic carboxylic acids is 1. The van der Waals surface area contributed by atoms with E-state index in [2.05, 4.69) is 0 Å². The van der Waals surface area contributed by atoms with E-state index < -0.39 is 23.6 Å². The monoisotopic (exact) mass is 255 g/mol. The normalized spacial score (nSPS) is 20.3. The third-order valence-electron chi connectivity index (χ3n) is 2.51. The highest BCUT2D eigenvalue weighted by Gasteiger charge is 2.36. The number of amides is 1. The fourth-order valence-electron chi connectivity index (χ4n) is 1.77. The molecule has 0 unspecified atom stereocenters. The van der Waals surface area contributed by atoms with Gasteiger partial charge in [-0.25, -0.2) is 9.59 Å². The van der Waals surface area contributed by atoms with E-state index in [9.17, 15) is 14.4 Å². The summed E-state index contributed by atoms with van der Waals surface area (Å²) in [6, 6.07) is 0. The van der Waals surface area contributed by atoms with Crippen molar-refractivity contribution in [3.8, 4) is 0 Å². The molecule has 6 heteroatoms. The number of hydrogen-bond acceptors (Lipinski definition) is 4. The van der Waals surface area contributed by atoms with Crippen molar-refractivity contribution in [2.45, 2.75) is 39.2 Å². The molecular formula is C12H17NO5. The molecule has 1 heterocycles. The summed E-state index contributed by atoms with van der Waals surface area (Å²) in [5, 5.41) is 8.99. The first-order valence-corrected chi connectivity index (χ1v) is 5.74. The molecule has 1 saturated heterocycles. The van der Waals surface area contributed by atoms with Gasteiger partial charge in [-0.3, -0.25) is 9.69 Å². The summed E-state index contributed by atoms with van der Waals surface area (Å²) in [4.78, 5) is 34.8. The highest BCUT2D eigenvalue weighted by atomic mass is 16.6. The van der Waals surface area contributed by atoms with Crippen LogP contribution in [0.1, 0.15) is 33.6 Å². The molecule has 1 fully saturated rings. The number of carbonyl (C=O) groups is 2. The Morgan fingerprint density at radius 3 is 2.50 bits per heavy atom. The molecule has 0 aromatic heterocycles. The van der Waals surface area contributed by atoms with Crippen molar-refractivity contribution in [2.75, 3.05) is 6.54 Å². The summed E-state index contributed by atoms with van der Waals surface area (Å²) in [5.41, 5.74) is -0.843. The predicted octanol–water partition coefficient (Wildman–Crippen LogP) is 1.43. The molecule has 0 saturated carbocycles. The van der Waals surface area contributed by atoms with Gasteiger partial charge in [-0.05, 0) is 33.6 Å². The van der Waals surface area contributed by atoms with Crippen molar-refractivity contribution < 1.29 is 24.2 Å². The van der Waals surface area contributed by atoms with Gasteiger partial charge in [0.25, 0.3) is 0 Å². The number of carboxylic acids is 1. The molecule has 0 aromatic carbocycles. The highest BCUT2D eigenvalue weighted by molar-refractivity contribution is 5.82. The van der Waals surface area contributed by atoms with Gasteiger partial charge in [-0.2, -0.15) is 0 Å². The van der Waals surface area contributed by atoms with Crippen LogP contribution in [0.2, 0.25) is 0 Å². The number of piperidine rings is 1. The van der Waals surface area contributed by atoms with Gasteiger partial charge >= 0.3 is 12.1 Å². The van der Waals surface area contributed by atoms with Gasteiger partial charge in [0.15, 0.2) is 0 Å². The Balaban J connectivity index is 2.91. The molecule has 1 N–H and O–H groups in total. The van der Waals surface area contributed by atoms with Crippen LogP contribution < -0.4 is 0 Å². The molecule has 0 radical (unpaired) electrons. The summed E-state index contributed by atoms with van der Waals surface area (Å²) >= 11 is 0. The van der Waals surface area contributed by atoms with E-state index in [-0.39, 0.29) is 12.2 Å². The maximum absolute atomic E-state index is 11.9. The first-order valence-electron chi connectivity index (χ1n) is 5.74. The number of ether oxygens (including phenoxy) is 1. The Bertz CT molecular complexity index is 403. The average molecular weight is 255 g/mol. The standard InChI is InChI=1S/C12H17NO5/c1-12(2,3)18-11(17)13-6-4-5-8(10(15)16)9(13)7-14/h8H,4-6H2,1-3H3,(H,15,16)/t8-/m0/s1. The Morgan fingerprint density at radius 1 is 1.44 bits per heavy atom. The number of carbonyl (C=O) groups excluding carboxylic acids is 2. The van der Waals surface area contributed by atoms with Gasteiger partial charge in [0, 0.05) is 6.54 Å². The quantitative estimate of drug-likeness (QED) is 0.716. The van der Waals surface area contributed by atoms with Crippen LogP contribution in [-0.4, -0.2) is 40.2 Å². The van der Waals surface area contributed by atoms with Gasteiger partial charge in [-0.15, -0.1) is 0 Å². The van der Waals surface area contributed by atoms with E-state index in [4.69, 9.17) is 9.84 Å². The van der Waals surface area contributed by atoms with E-state index in [1.807, 2.05) is 0 Å². The van der Waals surface area contributed by atoms with Crippen LogP contribution in [0.15, 0.2) is 5.70 Å². The molecule has 1 amide bonds. The molecule has 0 aliphatic carbocycles. The Kier molecular flexibility index (Phi) is 4.14. The Labute approximate surface area is 105 Å². The zero-order valence-electron chi connectivity index (χ0n) is 10.7. The summed E-state index contributed by atoms with van der Waals surface area (Å²) < 4.78 is 5.13. The minimum atomic E-state index is -1.12. The molecule has 6 nitrogen and oxygen atoms in total. The third-order valence-corrected chi connectivity index (χ3v) is 2.51. The molecule has 18 heavy (non-hydrogen) atoms. The molecular weight excluding hydrogens is 238 g/mol. The maximum Gasteiger partial charge on any atom is 0.415 e. The molecule has 1 atom stereocenters. The van der Waals surface area contributed by atoms with E-state index in [1.165, 1.54) is 0 Å². The summed E-state index contributed by atoms with van der Waals surface area (Å²) in [6.45, 7) is 5.39. The van der Waals surface area contributed by atoms with Crippen LogP contribution in [0.3, 0.4) is 0 Å². The third kappa shape index (κ3) is 3.34. The summed E-state index contributed by atoms with van der Waals surface area (Å²) in [7, 11) is 0. The van der Waals surface area contributed by atoms with Crippen molar-refractivity contribution in [3.63, 3.8) is 0 Å². The van der Waals surface area contributed by atoms with Crippen LogP contribution in [-0.2, 0) is 14.3 Å². The first kappa shape index (κ1) is 14.3. The van der Waals surface area contributed by atoms with Gasteiger partial charge in [0.05, 0.1) is 0 Å². The van der Waals surface area contributed by atoms with Crippen LogP contribution in [0.5, 0.6) is 0 Å². The van der Waals surface area contributed by atoms with Crippen molar-refractivity contribution in [1.29, 1.82) is 0 Å². The zero-order chi connectivity index (χ0) is 13.9. The largest absolute Gasteiger partial charge is 0.481 e. The van der Waals surface area contributed by atoms with Crippen molar-refractivity contribution >= 4 is 18.0 Å². The van der Waals surface area contributed by atoms with Crippen molar-refractivity contribution in [3.05, 3.63) is 5.70 Å². The number of nitrogens with zero attached hydrogens (tertiary/aromatic N) is 1. The smallest absolute Gasteiger partial charge is 0.415 e. The van der Waals surface area contributed by atoms with Crippen molar-refractivity contribution in [1.82, 2.24) is 4.90 Å². The second-order valence-electron chi connectivity index (χ2n) is 5.15. The van der Waals surface area contributed by atoms with Gasteiger partial charge < -0.3 is 9.84 Å². The number of likely N-dealkylation sites (tertiary alicyclic amines) is 1. The van der Waals surface area contributed by atoms with E-state index >= 15 is 0 Å². The maximum atomic E-state index is 11.9. The minimum Gasteiger partial charge on any atom is -0.481 e. The topological polar surface area (TPSA) is 83.9 Å². The van der Waals surface area contributed by atoms with Crippen LogP contribution in [0, 0.1) is 5.92 Å². The van der Waals surface area contributed by atoms with Crippen LogP contribution in [0.25, 0.3) is 0 Å². The van der Waals surface area contributed by atoms with Crippen molar-refractivity contribution in [2.24, 2.45) is 5.92 Å². The number of rotatable bonds is 1. The molecule has 0 aromatic rings. The fraction of sp³-hybridized carbons (Fsp3) is 0.667. The second-order valence-corrected chi connectivity index (χ2v) is 5.15. The van der Waals surface area contributed by atoms with E-state index in [0.29, 0.717) is 12.8 Å². The Morgan fingerprint density at radius 2 is 2.06 bits per heavy atom. The SMILES string of the molecule is CC(C)(C)OC(=O)N1CCC[C@H](C(=O)O)C1=C=O. The second kappa shape index (κ2) is 5.23. The fourth-order valence-corrected chi connectivity index (χ4v) is 1.77. The number of hydrogen-bond donors (Lipinski definition) is 1. The zero-order valence-corrected chi connectivity index (χ0v) is 10.7. The Hall–Kier alpha value is -1.81. The first-order chi connectivity index (χ1) is 8.26. The highest BCUT2D eigenvalue weighted by Crippen LogP contribution is 2.27. The molecule has 1 aliphatic rings. The van der Waals surface area contributed by atoms with Gasteiger partial charge in [0.2, 0.25) is 0 Å². The predicted molar refractivity (Wildman–Crippen MR) is 62.5 cm³/mol. The lowest BCUT2D eigenvalue weighted by Crippen LogP contribution is -2.43. The lowest BCUT2D eigenvalue weighted by atomic mass is 9.95. The lowest BCUT2D eigenvalue weighted by Gasteiger charge is -2.32. The lowest BCUT2D eigenvalue weighted by molar-refractivity contribution is -0.141. The summed E-state index contributed by atoms with van der Waals surface area (Å²) in [5.74, 6) is -0.543. The molecule has 0 bridgehead atoms. The molecule has 100 valence electrons. The van der Waals surface area contributed by atoms with Gasteiger partial charge in [0.1, 0.15) is 23.2 Å².